The van der Waals surface area contributed by atoms with Crippen LogP contribution in [0.25, 0.3) is 0 Å². The van der Waals surface area contributed by atoms with Crippen LogP contribution in [0.1, 0.15) is 117 Å². The summed E-state index contributed by atoms with van der Waals surface area (Å²) in [5, 5.41) is 0. The summed E-state index contributed by atoms with van der Waals surface area (Å²) in [6.07, 6.45) is 16.7. The second-order valence-corrected chi connectivity index (χ2v) is 8.21. The van der Waals surface area contributed by atoms with Gasteiger partial charge in [-0.2, -0.15) is 4.89 Å². The molecule has 2 fully saturated rings. The Kier molecular flexibility index (Phi) is 8.54. The third kappa shape index (κ3) is 6.47. The molecule has 0 radical (unpaired) electrons. The van der Waals surface area contributed by atoms with Gasteiger partial charge in [0.2, 0.25) is 0 Å². The highest BCUT2D eigenvalue weighted by Gasteiger charge is 2.39. The van der Waals surface area contributed by atoms with Crippen LogP contribution in [0, 0.1) is 0 Å². The fourth-order valence-corrected chi connectivity index (χ4v) is 4.48. The monoisotopic (exact) mass is 354 g/mol. The molecule has 2 rings (SSSR count). The Morgan fingerprint density at radius 3 is 1.76 bits per heavy atom. The van der Waals surface area contributed by atoms with Gasteiger partial charge in [-0.1, -0.05) is 58.8 Å². The number of ether oxygens (including phenoxy) is 1. The normalized spacial score (nSPS) is 22.3. The van der Waals surface area contributed by atoms with Crippen molar-refractivity contribution in [2.24, 2.45) is 0 Å². The topological polar surface area (TPSA) is 44.8 Å². The summed E-state index contributed by atoms with van der Waals surface area (Å²) in [7, 11) is 0. The van der Waals surface area contributed by atoms with Crippen LogP contribution in [0.2, 0.25) is 0 Å². The number of carbonyl (C=O) groups excluding carboxylic acids is 1. The first kappa shape index (κ1) is 20.5. The highest BCUT2D eigenvalue weighted by Crippen LogP contribution is 2.38. The molecule has 2 saturated carbocycles. The molecule has 0 heterocycles. The Balaban J connectivity index is 1.87. The van der Waals surface area contributed by atoms with Crippen LogP contribution in [0.4, 0.5) is 4.79 Å². The fraction of sp³-hybridized carbons (Fsp3) is 0.952. The van der Waals surface area contributed by atoms with Crippen molar-refractivity contribution in [2.45, 2.75) is 128 Å². The van der Waals surface area contributed by atoms with E-state index in [4.69, 9.17) is 14.5 Å². The van der Waals surface area contributed by atoms with Crippen molar-refractivity contribution in [3.05, 3.63) is 0 Å². The summed E-state index contributed by atoms with van der Waals surface area (Å²) in [5.74, 6) is 0. The van der Waals surface area contributed by atoms with Crippen LogP contribution in [0.5, 0.6) is 0 Å². The second kappa shape index (κ2) is 10.4. The van der Waals surface area contributed by atoms with Gasteiger partial charge in [-0.05, 0) is 57.8 Å². The molecule has 0 aromatic heterocycles. The Morgan fingerprint density at radius 2 is 1.24 bits per heavy atom. The van der Waals surface area contributed by atoms with Crippen LogP contribution >= 0.6 is 0 Å². The summed E-state index contributed by atoms with van der Waals surface area (Å²) >= 11 is 0. The van der Waals surface area contributed by atoms with Gasteiger partial charge in [0.15, 0.2) is 0 Å². The lowest BCUT2D eigenvalue weighted by Crippen LogP contribution is -2.40. The van der Waals surface area contributed by atoms with Crippen molar-refractivity contribution < 1.29 is 19.3 Å². The largest absolute Gasteiger partial charge is 0.541 e. The zero-order chi connectivity index (χ0) is 18.0. The van der Waals surface area contributed by atoms with Crippen molar-refractivity contribution >= 4 is 6.16 Å². The minimum atomic E-state index is -0.626. The van der Waals surface area contributed by atoms with Crippen LogP contribution < -0.4 is 0 Å². The predicted molar refractivity (Wildman–Crippen MR) is 99.3 cm³/mol. The van der Waals surface area contributed by atoms with Crippen molar-refractivity contribution in [1.82, 2.24) is 0 Å². The van der Waals surface area contributed by atoms with E-state index in [0.29, 0.717) is 0 Å². The standard InChI is InChI=1S/C21H38O4/c1-3-5-13-20(15-9-7-10-16-20)23-19(22)24-25-21(14-6-4-2)17-11-8-12-18-21/h3-18H2,1-2H3. The zero-order valence-corrected chi connectivity index (χ0v) is 16.4. The van der Waals surface area contributed by atoms with E-state index in [-0.39, 0.29) is 11.2 Å². The first-order valence-electron chi connectivity index (χ1n) is 10.7. The summed E-state index contributed by atoms with van der Waals surface area (Å²) < 4.78 is 5.84. The van der Waals surface area contributed by atoms with Gasteiger partial charge in [0.25, 0.3) is 0 Å². The molecule has 4 heteroatoms. The fourth-order valence-electron chi connectivity index (χ4n) is 4.48. The molecule has 0 N–H and O–H groups in total. The minimum Gasteiger partial charge on any atom is -0.426 e. The summed E-state index contributed by atoms with van der Waals surface area (Å²) in [6.45, 7) is 4.37. The van der Waals surface area contributed by atoms with Gasteiger partial charge in [-0.3, -0.25) is 4.89 Å². The average molecular weight is 355 g/mol. The molecule has 0 aliphatic heterocycles. The molecule has 0 atom stereocenters. The van der Waals surface area contributed by atoms with E-state index in [1.807, 2.05) is 0 Å². The highest BCUT2D eigenvalue weighted by atomic mass is 17.2. The maximum absolute atomic E-state index is 12.4. The van der Waals surface area contributed by atoms with Gasteiger partial charge in [0.1, 0.15) is 11.2 Å². The lowest BCUT2D eigenvalue weighted by molar-refractivity contribution is -0.340. The number of hydrogen-bond acceptors (Lipinski definition) is 4. The molecule has 0 bridgehead atoms. The van der Waals surface area contributed by atoms with Gasteiger partial charge in [-0.15, -0.1) is 0 Å². The molecule has 0 aromatic rings. The van der Waals surface area contributed by atoms with Gasteiger partial charge in [0.05, 0.1) is 0 Å². The van der Waals surface area contributed by atoms with Crippen molar-refractivity contribution in [3.8, 4) is 0 Å². The molecule has 25 heavy (non-hydrogen) atoms. The van der Waals surface area contributed by atoms with E-state index >= 15 is 0 Å². The Labute approximate surface area is 153 Å². The summed E-state index contributed by atoms with van der Waals surface area (Å²) in [5.41, 5.74) is -0.603. The minimum absolute atomic E-state index is 0.281. The second-order valence-electron chi connectivity index (χ2n) is 8.21. The molecule has 0 spiro atoms. The van der Waals surface area contributed by atoms with E-state index in [9.17, 15) is 4.79 Å². The molecule has 2 aliphatic rings. The number of hydrogen-bond donors (Lipinski definition) is 0. The molecule has 0 saturated heterocycles. The molecule has 146 valence electrons. The van der Waals surface area contributed by atoms with Gasteiger partial charge >= 0.3 is 6.16 Å². The first-order valence-corrected chi connectivity index (χ1v) is 10.7. The van der Waals surface area contributed by atoms with Crippen LogP contribution in [-0.2, 0) is 14.5 Å². The third-order valence-corrected chi connectivity index (χ3v) is 6.09. The van der Waals surface area contributed by atoms with E-state index in [2.05, 4.69) is 13.8 Å². The highest BCUT2D eigenvalue weighted by molar-refractivity contribution is 5.59. The van der Waals surface area contributed by atoms with Crippen LogP contribution in [0.15, 0.2) is 0 Å². The lowest BCUT2D eigenvalue weighted by atomic mass is 9.81. The molecular formula is C21H38O4. The van der Waals surface area contributed by atoms with E-state index in [0.717, 1.165) is 89.9 Å². The lowest BCUT2D eigenvalue weighted by Gasteiger charge is -2.37. The smallest absolute Gasteiger partial charge is 0.426 e. The Hall–Kier alpha value is -0.770. The van der Waals surface area contributed by atoms with Crippen LogP contribution in [-0.4, -0.2) is 17.4 Å². The molecule has 0 unspecified atom stereocenters. The predicted octanol–water partition coefficient (Wildman–Crippen LogP) is 6.86. The zero-order valence-electron chi connectivity index (χ0n) is 16.4. The number of unbranched alkanes of at least 4 members (excludes halogenated alkanes) is 2. The summed E-state index contributed by atoms with van der Waals surface area (Å²) in [4.78, 5) is 23.3. The van der Waals surface area contributed by atoms with Gasteiger partial charge in [0, 0.05) is 0 Å². The Bertz CT molecular complexity index is 381. The van der Waals surface area contributed by atoms with Crippen LogP contribution in [0.3, 0.4) is 0 Å². The SMILES string of the molecule is CCCCC1(OOC(=O)OC2(CCCC)CCCCC2)CCCCC1. The van der Waals surface area contributed by atoms with Crippen molar-refractivity contribution in [2.75, 3.05) is 0 Å². The number of carbonyl (C=O) groups is 1. The number of rotatable bonds is 9. The van der Waals surface area contributed by atoms with E-state index < -0.39 is 6.16 Å². The first-order chi connectivity index (χ1) is 12.1. The maximum atomic E-state index is 12.4. The van der Waals surface area contributed by atoms with Gasteiger partial charge in [-0.25, -0.2) is 4.79 Å². The quantitative estimate of drug-likeness (QED) is 0.258. The average Bonchev–Trinajstić information content (AvgIpc) is 2.65. The molecule has 4 nitrogen and oxygen atoms in total. The van der Waals surface area contributed by atoms with Gasteiger partial charge < -0.3 is 4.74 Å². The van der Waals surface area contributed by atoms with E-state index in [1.54, 1.807) is 0 Å². The maximum Gasteiger partial charge on any atom is 0.541 e. The Morgan fingerprint density at radius 1 is 0.760 bits per heavy atom. The third-order valence-electron chi connectivity index (χ3n) is 6.09. The summed E-state index contributed by atoms with van der Waals surface area (Å²) in [6, 6.07) is 0. The van der Waals surface area contributed by atoms with Crippen molar-refractivity contribution in [3.63, 3.8) is 0 Å². The van der Waals surface area contributed by atoms with Crippen molar-refractivity contribution in [1.29, 1.82) is 0 Å². The molecular weight excluding hydrogens is 316 g/mol. The van der Waals surface area contributed by atoms with E-state index in [1.165, 1.54) is 12.8 Å². The molecule has 0 amide bonds. The molecule has 2 aliphatic carbocycles. The molecule has 0 aromatic carbocycles.